The maximum atomic E-state index is 2.46. The standard InChI is InChI=1S/2C33H36P2.2CH3.Fe/c2*1-33(2,3)26-24-31(34(27-16-8-4-9-17-27)28-18-10-5-11-19-28)32(25-26)35(29-20-12-6-13-21-29)30-22-14-7-15-23-30;;;/h2*4-23,26,31-32H,24-25H2,1-3H3;2*1H3;/q;;2*-1;+2. The molecule has 0 bridgehead atoms. The zero-order valence-electron chi connectivity index (χ0n) is 44.5. The summed E-state index contributed by atoms with van der Waals surface area (Å²) in [6.07, 6.45) is 5.23. The van der Waals surface area contributed by atoms with Crippen LogP contribution >= 0.6 is 31.7 Å². The van der Waals surface area contributed by atoms with Crippen LogP contribution in [0.3, 0.4) is 0 Å². The molecule has 0 saturated heterocycles. The Morgan fingerprint density at radius 1 is 0.247 bits per heavy atom. The molecule has 73 heavy (non-hydrogen) atoms. The van der Waals surface area contributed by atoms with Crippen LogP contribution in [0.4, 0.5) is 0 Å². The van der Waals surface area contributed by atoms with Gasteiger partial charge in [-0.15, -0.1) is 0 Å². The molecule has 0 nitrogen and oxygen atoms in total. The van der Waals surface area contributed by atoms with Crippen molar-refractivity contribution in [3.63, 3.8) is 0 Å². The van der Waals surface area contributed by atoms with Crippen molar-refractivity contribution in [3.8, 4) is 0 Å². The van der Waals surface area contributed by atoms with Crippen LogP contribution < -0.4 is 42.4 Å². The maximum absolute atomic E-state index is 2.46. The molecule has 378 valence electrons. The van der Waals surface area contributed by atoms with Crippen LogP contribution in [0.1, 0.15) is 67.2 Å². The molecule has 0 N–H and O–H groups in total. The number of benzene rings is 8. The molecule has 2 saturated carbocycles. The van der Waals surface area contributed by atoms with Crippen molar-refractivity contribution in [2.75, 3.05) is 0 Å². The third-order valence-corrected chi connectivity index (χ3v) is 27.3. The van der Waals surface area contributed by atoms with Crippen molar-refractivity contribution in [3.05, 3.63) is 258 Å². The second-order valence-corrected chi connectivity index (χ2v) is 31.2. The Hall–Kier alpha value is -4.00. The molecule has 8 aromatic carbocycles. The molecule has 0 aliphatic heterocycles. The van der Waals surface area contributed by atoms with Gasteiger partial charge in [0.25, 0.3) is 0 Å². The summed E-state index contributed by atoms with van der Waals surface area (Å²) in [4.78, 5) is 0. The Labute approximate surface area is 458 Å². The van der Waals surface area contributed by atoms with E-state index >= 15 is 0 Å². The molecule has 8 aromatic rings. The van der Waals surface area contributed by atoms with Crippen LogP contribution in [0.25, 0.3) is 0 Å². The van der Waals surface area contributed by atoms with Crippen molar-refractivity contribution >= 4 is 74.1 Å². The normalized spacial score (nSPS) is 19.6. The predicted octanol–water partition coefficient (Wildman–Crippen LogP) is 15.8. The van der Waals surface area contributed by atoms with Crippen molar-refractivity contribution < 1.29 is 17.1 Å². The number of hydrogen-bond donors (Lipinski definition) is 0. The van der Waals surface area contributed by atoms with Gasteiger partial charge in [0.1, 0.15) is 0 Å². The van der Waals surface area contributed by atoms with Gasteiger partial charge < -0.3 is 14.9 Å². The van der Waals surface area contributed by atoms with Gasteiger partial charge >= 0.3 is 17.1 Å². The van der Waals surface area contributed by atoms with Gasteiger partial charge in [-0.25, -0.2) is 0 Å². The maximum Gasteiger partial charge on any atom is 2.00 e. The van der Waals surface area contributed by atoms with Crippen molar-refractivity contribution in [2.45, 2.75) is 89.9 Å². The summed E-state index contributed by atoms with van der Waals surface area (Å²) in [6, 6.07) is 91.1. The molecule has 0 radical (unpaired) electrons. The van der Waals surface area contributed by atoms with E-state index in [2.05, 4.69) is 284 Å². The van der Waals surface area contributed by atoms with Crippen molar-refractivity contribution in [1.82, 2.24) is 0 Å². The van der Waals surface area contributed by atoms with Crippen LogP contribution in [0.2, 0.25) is 0 Å². The van der Waals surface area contributed by atoms with Gasteiger partial charge in [-0.1, -0.05) is 284 Å². The third-order valence-electron chi connectivity index (χ3n) is 15.0. The molecule has 4 atom stereocenters. The van der Waals surface area contributed by atoms with Crippen LogP contribution in [0, 0.1) is 37.5 Å². The smallest absolute Gasteiger partial charge is 0.358 e. The topological polar surface area (TPSA) is 0 Å². The zero-order chi connectivity index (χ0) is 48.5. The molecular formula is C68H78FeP4. The average molecular weight is 1080 g/mol. The minimum atomic E-state index is -0.462. The first-order valence-electron chi connectivity index (χ1n) is 25.6. The Balaban J connectivity index is 0.000000229. The first kappa shape index (κ1) is 58.3. The second-order valence-electron chi connectivity index (χ2n) is 21.5. The Bertz CT molecular complexity index is 2230. The molecule has 4 unspecified atom stereocenters. The Morgan fingerprint density at radius 3 is 0.479 bits per heavy atom. The summed E-state index contributed by atoms with van der Waals surface area (Å²) in [7, 11) is -1.85. The summed E-state index contributed by atoms with van der Waals surface area (Å²) in [5.74, 6) is 1.46. The summed E-state index contributed by atoms with van der Waals surface area (Å²) in [6.45, 7) is 14.7. The first-order valence-corrected chi connectivity index (χ1v) is 31.3. The van der Waals surface area contributed by atoms with E-state index in [1.165, 1.54) is 68.1 Å². The minimum Gasteiger partial charge on any atom is -0.358 e. The van der Waals surface area contributed by atoms with E-state index in [9.17, 15) is 0 Å². The van der Waals surface area contributed by atoms with Gasteiger partial charge in [0.15, 0.2) is 0 Å². The summed E-state index contributed by atoms with van der Waals surface area (Å²) < 4.78 is 0. The zero-order valence-corrected chi connectivity index (χ0v) is 49.2. The van der Waals surface area contributed by atoms with E-state index in [1.807, 2.05) is 0 Å². The van der Waals surface area contributed by atoms with Crippen LogP contribution in [0.15, 0.2) is 243 Å². The summed E-state index contributed by atoms with van der Waals surface area (Å²) >= 11 is 0. The average Bonchev–Trinajstić information content (AvgIpc) is 4.04. The van der Waals surface area contributed by atoms with Crippen LogP contribution in [-0.4, -0.2) is 22.6 Å². The van der Waals surface area contributed by atoms with Crippen molar-refractivity contribution in [2.24, 2.45) is 22.7 Å². The second kappa shape index (κ2) is 27.2. The van der Waals surface area contributed by atoms with Gasteiger partial charge in [0.05, 0.1) is 0 Å². The van der Waals surface area contributed by atoms with E-state index in [4.69, 9.17) is 0 Å². The van der Waals surface area contributed by atoms with E-state index < -0.39 is 31.7 Å². The monoisotopic (exact) mass is 1070 g/mol. The van der Waals surface area contributed by atoms with Gasteiger partial charge in [-0.3, -0.25) is 0 Å². The molecule has 2 fully saturated rings. The van der Waals surface area contributed by atoms with E-state index in [-0.39, 0.29) is 31.9 Å². The Morgan fingerprint density at radius 2 is 0.370 bits per heavy atom. The van der Waals surface area contributed by atoms with E-state index in [1.54, 1.807) is 0 Å². The summed E-state index contributed by atoms with van der Waals surface area (Å²) in [5, 5.41) is 12.2. The quantitative estimate of drug-likeness (QED) is 0.0650. The third kappa shape index (κ3) is 14.3. The van der Waals surface area contributed by atoms with E-state index in [0.717, 1.165) is 11.8 Å². The predicted molar refractivity (Wildman–Crippen MR) is 329 cm³/mol. The van der Waals surface area contributed by atoms with Crippen molar-refractivity contribution in [1.29, 1.82) is 0 Å². The SMILES string of the molecule is CC(C)(C)C1CC(P(c2ccccc2)c2ccccc2)C(P(c2ccccc2)c2ccccc2)C1.CC(C)(C)C1CC(P(c2ccccc2)c2ccccc2)C(P(c2ccccc2)c2ccccc2)C1.[CH3-].[CH3-].[Fe+2]. The summed E-state index contributed by atoms with van der Waals surface area (Å²) in [5.41, 5.74) is 3.26. The fourth-order valence-corrected chi connectivity index (χ4v) is 24.9. The number of rotatable bonds is 12. The molecule has 5 heteroatoms. The molecule has 2 aliphatic rings. The van der Waals surface area contributed by atoms with Gasteiger partial charge in [0.2, 0.25) is 0 Å². The molecular weight excluding hydrogens is 996 g/mol. The van der Waals surface area contributed by atoms with Gasteiger partial charge in [-0.05, 0) is 145 Å². The van der Waals surface area contributed by atoms with Gasteiger partial charge in [0, 0.05) is 0 Å². The largest absolute Gasteiger partial charge is 2.00 e. The molecule has 10 rings (SSSR count). The first-order chi connectivity index (χ1) is 34.0. The van der Waals surface area contributed by atoms with Gasteiger partial charge in [-0.2, -0.15) is 0 Å². The number of hydrogen-bond acceptors (Lipinski definition) is 0. The van der Waals surface area contributed by atoms with Crippen LogP contribution in [-0.2, 0) is 17.1 Å². The molecule has 0 aromatic heterocycles. The molecule has 0 spiro atoms. The van der Waals surface area contributed by atoms with E-state index in [0.29, 0.717) is 33.5 Å². The van der Waals surface area contributed by atoms with Crippen LogP contribution in [0.5, 0.6) is 0 Å². The fourth-order valence-electron chi connectivity index (χ4n) is 11.3. The Kier molecular flexibility index (Phi) is 21.7. The molecule has 2 aliphatic carbocycles. The minimum absolute atomic E-state index is 0. The molecule has 0 amide bonds. The fraction of sp³-hybridized carbons (Fsp3) is 0.265. The molecule has 0 heterocycles.